The molecule has 4 atom stereocenters. The zero-order valence-corrected chi connectivity index (χ0v) is 19.8. The maximum Gasteiger partial charge on any atom is 0.326 e. The van der Waals surface area contributed by atoms with Crippen LogP contribution in [0.15, 0.2) is 30.3 Å². The van der Waals surface area contributed by atoms with E-state index in [0.29, 0.717) is 5.33 Å². The van der Waals surface area contributed by atoms with Gasteiger partial charge in [-0.15, -0.1) is 11.8 Å². The van der Waals surface area contributed by atoms with Gasteiger partial charge in [0.05, 0.1) is 0 Å². The number of carbonyl (C=O) groups excluding carboxylic acids is 3. The Labute approximate surface area is 200 Å². The minimum atomic E-state index is -1.98. The zero-order valence-electron chi connectivity index (χ0n) is 17.4. The number of hydrogen-bond acceptors (Lipinski definition) is 8. The minimum absolute atomic E-state index is 0.0377. The second-order valence-corrected chi connectivity index (χ2v) is 9.28. The van der Waals surface area contributed by atoms with E-state index in [1.54, 1.807) is 18.2 Å². The van der Waals surface area contributed by atoms with Crippen molar-refractivity contribution in [1.29, 1.82) is 0 Å². The first kappa shape index (κ1) is 25.0. The van der Waals surface area contributed by atoms with E-state index in [1.165, 1.54) is 19.2 Å². The molecule has 3 rings (SSSR count). The molecule has 1 aromatic rings. The van der Waals surface area contributed by atoms with Crippen LogP contribution in [0, 0.1) is 5.41 Å². The number of rotatable bonds is 9. The molecule has 0 bridgehead atoms. The van der Waals surface area contributed by atoms with Gasteiger partial charge >= 0.3 is 17.9 Å². The monoisotopic (exact) mass is 544 g/mol. The third kappa shape index (κ3) is 4.20. The van der Waals surface area contributed by atoms with E-state index in [0.717, 1.165) is 16.7 Å². The number of fused-ring (bicyclic) bond motifs is 1. The Bertz CT molecular complexity index is 978. The van der Waals surface area contributed by atoms with Crippen LogP contribution in [0.1, 0.15) is 11.5 Å². The highest BCUT2D eigenvalue weighted by Gasteiger charge is 2.69. The van der Waals surface area contributed by atoms with E-state index in [1.807, 2.05) is 0 Å². The van der Waals surface area contributed by atoms with Gasteiger partial charge in [-0.2, -0.15) is 0 Å². The van der Waals surface area contributed by atoms with Gasteiger partial charge in [0.2, 0.25) is 5.91 Å². The number of esters is 1. The second-order valence-electron chi connectivity index (χ2n) is 7.42. The summed E-state index contributed by atoms with van der Waals surface area (Å²) in [4.78, 5) is 63.3. The number of aliphatic carboxylic acids is 2. The number of ether oxygens (including phenoxy) is 2. The number of nitrogens with zero attached hydrogens (tertiary/aromatic N) is 1. The summed E-state index contributed by atoms with van der Waals surface area (Å²) < 4.78 is 10.3. The topological polar surface area (TPSA) is 160 Å². The number of benzene rings is 1. The number of carbonyl (C=O) groups is 5. The molecule has 0 aromatic heterocycles. The lowest BCUT2D eigenvalue weighted by molar-refractivity contribution is -0.203. The predicted octanol–water partition coefficient (Wildman–Crippen LogP) is 0.238. The molecule has 1 aromatic carbocycles. The Balaban J connectivity index is 1.82. The summed E-state index contributed by atoms with van der Waals surface area (Å²) >= 11 is 4.02. The number of carboxylic acid groups (broad SMARTS) is 2. The van der Waals surface area contributed by atoms with E-state index in [9.17, 15) is 34.2 Å². The molecular formula is C20H21BrN2O9S. The second kappa shape index (κ2) is 9.69. The molecule has 3 unspecified atom stereocenters. The Morgan fingerprint density at radius 1 is 1.27 bits per heavy atom. The first-order valence-electron chi connectivity index (χ1n) is 9.69. The van der Waals surface area contributed by atoms with Crippen LogP contribution in [0.5, 0.6) is 0 Å². The number of halogens is 1. The highest BCUT2D eigenvalue weighted by molar-refractivity contribution is 9.09. The fourth-order valence-electron chi connectivity index (χ4n) is 3.77. The smallest absolute Gasteiger partial charge is 0.326 e. The molecule has 2 amide bonds. The molecule has 178 valence electrons. The van der Waals surface area contributed by atoms with Crippen LogP contribution >= 0.6 is 27.7 Å². The lowest BCUT2D eigenvalue weighted by Gasteiger charge is -2.58. The number of β-lactam (4-membered cyclic amide) rings is 1. The van der Waals surface area contributed by atoms with Crippen LogP contribution in [0.3, 0.4) is 0 Å². The third-order valence-corrected chi connectivity index (χ3v) is 7.41. The van der Waals surface area contributed by atoms with Gasteiger partial charge in [0, 0.05) is 24.7 Å². The lowest BCUT2D eigenvalue weighted by atomic mass is 9.86. The quantitative estimate of drug-likeness (QED) is 0.129. The first-order valence-corrected chi connectivity index (χ1v) is 11.9. The van der Waals surface area contributed by atoms with Gasteiger partial charge in [0.15, 0.2) is 11.3 Å². The first-order chi connectivity index (χ1) is 15.6. The fraction of sp³-hybridized carbons (Fsp3) is 0.450. The molecule has 2 aliphatic rings. The summed E-state index contributed by atoms with van der Waals surface area (Å²) in [7, 11) is 1.18. The van der Waals surface area contributed by atoms with Crippen molar-refractivity contribution >= 4 is 57.4 Å². The number of hydrogen-bond donors (Lipinski definition) is 3. The number of thioether (sulfide) groups is 1. The van der Waals surface area contributed by atoms with Crippen molar-refractivity contribution in [3.63, 3.8) is 0 Å². The van der Waals surface area contributed by atoms with Gasteiger partial charge in [-0.05, 0) is 5.56 Å². The van der Waals surface area contributed by atoms with Gasteiger partial charge in [0.25, 0.3) is 11.6 Å². The molecule has 2 aliphatic heterocycles. The highest BCUT2D eigenvalue weighted by atomic mass is 79.9. The molecule has 0 saturated carbocycles. The van der Waals surface area contributed by atoms with Gasteiger partial charge < -0.3 is 29.9 Å². The summed E-state index contributed by atoms with van der Waals surface area (Å²) in [5.41, 5.74) is -3.65. The molecule has 2 saturated heterocycles. The largest absolute Gasteiger partial charge is 0.480 e. The van der Waals surface area contributed by atoms with Crippen molar-refractivity contribution in [2.45, 2.75) is 17.0 Å². The Kier molecular flexibility index (Phi) is 7.34. The van der Waals surface area contributed by atoms with Gasteiger partial charge in [-0.25, -0.2) is 0 Å². The maximum absolute atomic E-state index is 13.0. The van der Waals surface area contributed by atoms with Gasteiger partial charge in [-0.1, -0.05) is 46.3 Å². The molecule has 3 N–H and O–H groups in total. The normalized spacial score (nSPS) is 27.0. The lowest BCUT2D eigenvalue weighted by Crippen LogP contribution is -2.83. The summed E-state index contributed by atoms with van der Waals surface area (Å²) in [6, 6.07) is 7.78. The van der Waals surface area contributed by atoms with Gasteiger partial charge in [0.1, 0.15) is 12.0 Å². The van der Waals surface area contributed by atoms with Crippen LogP contribution in [0.2, 0.25) is 0 Å². The van der Waals surface area contributed by atoms with Crippen molar-refractivity contribution in [1.82, 2.24) is 10.2 Å². The van der Waals surface area contributed by atoms with Crippen molar-refractivity contribution in [2.75, 3.05) is 31.3 Å². The van der Waals surface area contributed by atoms with Crippen molar-refractivity contribution < 1.29 is 43.7 Å². The van der Waals surface area contributed by atoms with E-state index in [2.05, 4.69) is 21.2 Å². The molecule has 2 heterocycles. The fourth-order valence-corrected chi connectivity index (χ4v) is 5.55. The van der Waals surface area contributed by atoms with Gasteiger partial charge in [-0.3, -0.25) is 24.0 Å². The van der Waals surface area contributed by atoms with E-state index < -0.39 is 58.7 Å². The third-order valence-electron chi connectivity index (χ3n) is 5.52. The van der Waals surface area contributed by atoms with E-state index in [-0.39, 0.29) is 17.9 Å². The average Bonchev–Trinajstić information content (AvgIpc) is 2.80. The van der Waals surface area contributed by atoms with E-state index >= 15 is 0 Å². The SMILES string of the molecule is COC1(NC(=O)C(C(=O)O)c2ccccc2)C(=O)N2CC(C(=O)O)(C(=O)OCCBr)CS[C@@H]21. The number of amides is 2. The Hall–Kier alpha value is -2.64. The highest BCUT2D eigenvalue weighted by Crippen LogP contribution is 2.48. The summed E-state index contributed by atoms with van der Waals surface area (Å²) in [6.07, 6.45) is 0. The average molecular weight is 545 g/mol. The maximum atomic E-state index is 13.0. The minimum Gasteiger partial charge on any atom is -0.480 e. The van der Waals surface area contributed by atoms with Crippen LogP contribution in [0.25, 0.3) is 0 Å². The van der Waals surface area contributed by atoms with Crippen molar-refractivity contribution in [3.05, 3.63) is 35.9 Å². The van der Waals surface area contributed by atoms with Crippen LogP contribution < -0.4 is 5.32 Å². The summed E-state index contributed by atoms with van der Waals surface area (Å²) in [5, 5.41) is 21.2. The predicted molar refractivity (Wildman–Crippen MR) is 117 cm³/mol. The molecular weight excluding hydrogens is 524 g/mol. The number of methoxy groups -OCH3 is 1. The Morgan fingerprint density at radius 3 is 2.48 bits per heavy atom. The van der Waals surface area contributed by atoms with Crippen LogP contribution in [0.4, 0.5) is 0 Å². The number of carboxylic acids is 2. The van der Waals surface area contributed by atoms with Crippen molar-refractivity contribution in [3.8, 4) is 0 Å². The van der Waals surface area contributed by atoms with Crippen molar-refractivity contribution in [2.24, 2.45) is 5.41 Å². The van der Waals surface area contributed by atoms with Crippen LogP contribution in [-0.4, -0.2) is 87.3 Å². The number of nitrogens with one attached hydrogen (secondary N) is 1. The molecule has 0 aliphatic carbocycles. The standard InChI is InChI=1S/C20H21BrN2O9S/c1-31-20(22-13(24)12(14(25)26)11-5-3-2-4-6-11)15(27)23-9-19(17(28)29,10-33-16(20)23)18(30)32-8-7-21/h2-6,12,16H,7-10H2,1H3,(H,22,24)(H,25,26)(H,28,29)/t12?,16-,19?,20?/m1/s1. The summed E-state index contributed by atoms with van der Waals surface area (Å²) in [6.45, 7) is -0.508. The number of alkyl halides is 1. The molecule has 33 heavy (non-hydrogen) atoms. The zero-order chi connectivity index (χ0) is 24.4. The molecule has 13 heteroatoms. The Morgan fingerprint density at radius 2 is 1.94 bits per heavy atom. The molecule has 11 nitrogen and oxygen atoms in total. The van der Waals surface area contributed by atoms with E-state index in [4.69, 9.17) is 9.47 Å². The summed E-state index contributed by atoms with van der Waals surface area (Å²) in [5.74, 6) is -7.39. The molecule has 0 spiro atoms. The molecule has 2 fully saturated rings. The molecule has 0 radical (unpaired) electrons. The van der Waals surface area contributed by atoms with Crippen LogP contribution in [-0.2, 0) is 33.4 Å².